The van der Waals surface area contributed by atoms with Gasteiger partial charge in [0.25, 0.3) is 0 Å². The van der Waals surface area contributed by atoms with Crippen molar-refractivity contribution in [3.8, 4) is 0 Å². The first kappa shape index (κ1) is 26.5. The molecule has 2 N–H and O–H groups in total. The highest BCUT2D eigenvalue weighted by Gasteiger charge is 2.54. The molecule has 198 valence electrons. The number of amides is 2. The summed E-state index contributed by atoms with van der Waals surface area (Å²) >= 11 is 0. The van der Waals surface area contributed by atoms with Crippen LogP contribution in [0.15, 0.2) is 48.5 Å². The molecule has 1 saturated heterocycles. The van der Waals surface area contributed by atoms with E-state index in [1.807, 2.05) is 30.3 Å². The van der Waals surface area contributed by atoms with Crippen LogP contribution in [0.2, 0.25) is 0 Å². The molecule has 0 unspecified atom stereocenters. The molecular weight excluding hydrogens is 491 g/mol. The molecule has 2 aliphatic rings. The number of nitrogens with two attached hydrogens (primary N) is 1. The Morgan fingerprint density at radius 1 is 1.11 bits per heavy atom. The average molecular weight is 520 g/mol. The largest absolute Gasteiger partial charge is 0.471 e. The Kier molecular flexibility index (Phi) is 7.72. The van der Waals surface area contributed by atoms with Crippen LogP contribution < -0.4 is 10.6 Å². The molecule has 2 amide bonds. The molecule has 0 radical (unpaired) electrons. The van der Waals surface area contributed by atoms with Crippen molar-refractivity contribution in [2.75, 3.05) is 25.1 Å². The van der Waals surface area contributed by atoms with Crippen LogP contribution >= 0.6 is 0 Å². The van der Waals surface area contributed by atoms with Crippen molar-refractivity contribution in [2.24, 2.45) is 11.7 Å². The van der Waals surface area contributed by atoms with Crippen LogP contribution in [0, 0.1) is 5.92 Å². The third-order valence-electron chi connectivity index (χ3n) is 6.90. The van der Waals surface area contributed by atoms with E-state index < -0.39 is 42.1 Å². The van der Waals surface area contributed by atoms with Gasteiger partial charge in [-0.25, -0.2) is 9.59 Å². The molecule has 37 heavy (non-hydrogen) atoms. The minimum Gasteiger partial charge on any atom is -0.465 e. The van der Waals surface area contributed by atoms with E-state index in [9.17, 15) is 27.6 Å². The molecule has 2 heterocycles. The number of likely N-dealkylation sites (tertiary alicyclic amines) is 1. The number of benzene rings is 2. The monoisotopic (exact) mass is 519 g/mol. The molecule has 2 aromatic carbocycles. The number of halogens is 3. The first-order chi connectivity index (χ1) is 17.7. The van der Waals surface area contributed by atoms with Gasteiger partial charge in [-0.3, -0.25) is 4.79 Å². The topological polar surface area (TPSA) is 102 Å². The van der Waals surface area contributed by atoms with E-state index in [1.165, 1.54) is 30.2 Å². The lowest BCUT2D eigenvalue weighted by atomic mass is 9.79. The van der Waals surface area contributed by atoms with Gasteiger partial charge < -0.3 is 25.0 Å². The summed E-state index contributed by atoms with van der Waals surface area (Å²) in [7, 11) is 1.19. The summed E-state index contributed by atoms with van der Waals surface area (Å²) in [4.78, 5) is 40.3. The van der Waals surface area contributed by atoms with Crippen LogP contribution in [0.4, 0.5) is 23.7 Å². The predicted octanol–water partition coefficient (Wildman–Crippen LogP) is 4.19. The Morgan fingerprint density at radius 3 is 2.49 bits per heavy atom. The van der Waals surface area contributed by atoms with Crippen molar-refractivity contribution in [3.63, 3.8) is 0 Å². The Balaban J connectivity index is 1.76. The van der Waals surface area contributed by atoms with Gasteiger partial charge >= 0.3 is 24.1 Å². The number of nitrogens with zero attached hydrogens (tertiary/aromatic N) is 2. The highest BCUT2D eigenvalue weighted by atomic mass is 19.4. The number of esters is 1. The first-order valence-corrected chi connectivity index (χ1v) is 12.0. The molecule has 2 aliphatic heterocycles. The minimum atomic E-state index is -5.11. The Morgan fingerprint density at radius 2 is 1.84 bits per heavy atom. The average Bonchev–Trinajstić information content (AvgIpc) is 3.34. The summed E-state index contributed by atoms with van der Waals surface area (Å²) in [5, 5.41) is 0. The van der Waals surface area contributed by atoms with Gasteiger partial charge in [-0.1, -0.05) is 30.3 Å². The molecule has 8 nitrogen and oxygen atoms in total. The van der Waals surface area contributed by atoms with Gasteiger partial charge in [0.15, 0.2) is 0 Å². The number of carbonyl (C=O) groups is 3. The van der Waals surface area contributed by atoms with Crippen LogP contribution in [0.1, 0.15) is 46.8 Å². The minimum absolute atomic E-state index is 0.000934. The van der Waals surface area contributed by atoms with Crippen LogP contribution in [-0.4, -0.2) is 55.3 Å². The van der Waals surface area contributed by atoms with Crippen molar-refractivity contribution < 1.29 is 37.0 Å². The molecule has 0 saturated carbocycles. The predicted molar refractivity (Wildman–Crippen MR) is 128 cm³/mol. The Bertz CT molecular complexity index is 1160. The van der Waals surface area contributed by atoms with Gasteiger partial charge in [0.1, 0.15) is 6.61 Å². The highest BCUT2D eigenvalue weighted by Crippen LogP contribution is 2.51. The lowest BCUT2D eigenvalue weighted by Crippen LogP contribution is -2.54. The molecule has 0 aliphatic carbocycles. The molecule has 1 fully saturated rings. The number of alkyl halides is 3. The van der Waals surface area contributed by atoms with Crippen molar-refractivity contribution in [3.05, 3.63) is 65.2 Å². The normalized spacial score (nSPS) is 20.7. The maximum Gasteiger partial charge on any atom is 0.471 e. The quantitative estimate of drug-likeness (QED) is 0.575. The fourth-order valence-electron chi connectivity index (χ4n) is 5.32. The van der Waals surface area contributed by atoms with E-state index in [2.05, 4.69) is 0 Å². The smallest absolute Gasteiger partial charge is 0.465 e. The van der Waals surface area contributed by atoms with Crippen molar-refractivity contribution in [1.29, 1.82) is 0 Å². The second-order valence-electron chi connectivity index (χ2n) is 9.07. The van der Waals surface area contributed by atoms with E-state index in [0.717, 1.165) is 10.5 Å². The maximum atomic E-state index is 13.7. The zero-order valence-electron chi connectivity index (χ0n) is 20.2. The van der Waals surface area contributed by atoms with Gasteiger partial charge in [-0.15, -0.1) is 0 Å². The van der Waals surface area contributed by atoms with E-state index in [0.29, 0.717) is 12.8 Å². The van der Waals surface area contributed by atoms with Crippen molar-refractivity contribution in [2.45, 2.75) is 44.1 Å². The number of methoxy groups -OCH3 is 1. The number of ether oxygens (including phenoxy) is 2. The number of rotatable bonds is 6. The number of fused-ring (bicyclic) bond motifs is 3. The summed E-state index contributed by atoms with van der Waals surface area (Å²) in [5.41, 5.74) is 6.82. The number of hydrogen-bond acceptors (Lipinski definition) is 6. The molecular formula is C26H28F3N3O5. The van der Waals surface area contributed by atoms with E-state index in [-0.39, 0.29) is 42.9 Å². The van der Waals surface area contributed by atoms with Crippen LogP contribution in [0.25, 0.3) is 0 Å². The highest BCUT2D eigenvalue weighted by molar-refractivity contribution is 6.00. The third-order valence-corrected chi connectivity index (χ3v) is 6.90. The van der Waals surface area contributed by atoms with Gasteiger partial charge in [-0.05, 0) is 55.1 Å². The standard InChI is InChI=1S/C26H28F3N3O5/c1-36-23(33)17-9-10-21-19(14-17)22-18(20(8-5-12-30)32(21)24(34)26(27,28)29)11-13-31(22)25(35)37-15-16-6-3-2-4-7-16/h2-4,6-7,9-10,14,18,20,22H,5,8,11-13,15,30H2,1H3/t18-,20-,22-/m0/s1. The van der Waals surface area contributed by atoms with E-state index >= 15 is 0 Å². The molecule has 4 rings (SSSR count). The molecule has 0 bridgehead atoms. The van der Waals surface area contributed by atoms with Crippen LogP contribution in [0.3, 0.4) is 0 Å². The van der Waals surface area contributed by atoms with Crippen LogP contribution in [-0.2, 0) is 20.9 Å². The zero-order chi connectivity index (χ0) is 26.7. The number of anilines is 1. The van der Waals surface area contributed by atoms with E-state index in [4.69, 9.17) is 15.2 Å². The molecule has 3 atom stereocenters. The summed E-state index contributed by atoms with van der Waals surface area (Å²) in [6.07, 6.45) is -4.77. The zero-order valence-corrected chi connectivity index (χ0v) is 20.2. The molecule has 2 aromatic rings. The third kappa shape index (κ3) is 5.27. The van der Waals surface area contributed by atoms with Crippen molar-refractivity contribution >= 4 is 23.7 Å². The first-order valence-electron chi connectivity index (χ1n) is 12.0. The molecule has 11 heteroatoms. The second-order valence-corrected chi connectivity index (χ2v) is 9.07. The lowest BCUT2D eigenvalue weighted by Gasteiger charge is -2.45. The van der Waals surface area contributed by atoms with Crippen LogP contribution in [0.5, 0.6) is 0 Å². The summed E-state index contributed by atoms with van der Waals surface area (Å²) in [6, 6.07) is 11.6. The lowest BCUT2D eigenvalue weighted by molar-refractivity contribution is -0.171. The summed E-state index contributed by atoms with van der Waals surface area (Å²) in [5.74, 6) is -3.19. The van der Waals surface area contributed by atoms with E-state index in [1.54, 1.807) is 0 Å². The molecule has 0 spiro atoms. The Hall–Kier alpha value is -3.60. The maximum absolute atomic E-state index is 13.7. The van der Waals surface area contributed by atoms with Gasteiger partial charge in [0.2, 0.25) is 0 Å². The summed E-state index contributed by atoms with van der Waals surface area (Å²) < 4.78 is 51.5. The Labute approximate surface area is 212 Å². The SMILES string of the molecule is COC(=O)c1ccc2c(c1)[C@@H]1[C@@H](CCN1C(=O)OCc1ccccc1)[C@H](CCCN)N2C(=O)C(F)(F)F. The fraction of sp³-hybridized carbons (Fsp3) is 0.423. The number of hydrogen-bond donors (Lipinski definition) is 1. The fourth-order valence-corrected chi connectivity index (χ4v) is 5.32. The van der Waals surface area contributed by atoms with Crippen molar-refractivity contribution in [1.82, 2.24) is 4.90 Å². The molecule has 0 aromatic heterocycles. The number of carbonyl (C=O) groups excluding carboxylic acids is 3. The van der Waals surface area contributed by atoms with Gasteiger partial charge in [-0.2, -0.15) is 13.2 Å². The second kappa shape index (κ2) is 10.8. The van der Waals surface area contributed by atoms with Gasteiger partial charge in [0, 0.05) is 24.2 Å². The van der Waals surface area contributed by atoms with Gasteiger partial charge in [0.05, 0.1) is 18.7 Å². The summed E-state index contributed by atoms with van der Waals surface area (Å²) in [6.45, 7) is 0.481.